The third-order valence-electron chi connectivity index (χ3n) is 3.76. The van der Waals surface area contributed by atoms with E-state index >= 15 is 0 Å². The van der Waals surface area contributed by atoms with Crippen molar-refractivity contribution in [2.75, 3.05) is 40.4 Å². The number of ether oxygens (including phenoxy) is 2. The van der Waals surface area contributed by atoms with Gasteiger partial charge in [-0.3, -0.25) is 9.79 Å². The Morgan fingerprint density at radius 1 is 1.33 bits per heavy atom. The fourth-order valence-electron chi connectivity index (χ4n) is 2.34. The van der Waals surface area contributed by atoms with Gasteiger partial charge in [-0.15, -0.1) is 24.0 Å². The van der Waals surface area contributed by atoms with Crippen LogP contribution in [0.5, 0.6) is 0 Å². The van der Waals surface area contributed by atoms with E-state index in [9.17, 15) is 9.59 Å². The van der Waals surface area contributed by atoms with Crippen LogP contribution in [0.1, 0.15) is 26.7 Å². The summed E-state index contributed by atoms with van der Waals surface area (Å²) in [4.78, 5) is 28.9. The number of carbonyl (C=O) groups is 2. The molecule has 1 unspecified atom stereocenters. The summed E-state index contributed by atoms with van der Waals surface area (Å²) < 4.78 is 9.70. The van der Waals surface area contributed by atoms with Crippen LogP contribution >= 0.6 is 24.0 Å². The van der Waals surface area contributed by atoms with Crippen molar-refractivity contribution in [1.29, 1.82) is 0 Å². The van der Waals surface area contributed by atoms with E-state index in [1.165, 1.54) is 7.11 Å². The second-order valence-electron chi connectivity index (χ2n) is 5.48. The lowest BCUT2D eigenvalue weighted by Crippen LogP contribution is -2.50. The summed E-state index contributed by atoms with van der Waals surface area (Å²) in [6.45, 7) is 5.76. The molecule has 0 aromatic rings. The zero-order chi connectivity index (χ0) is 17.2. The minimum Gasteiger partial charge on any atom is -0.469 e. The molecule has 1 heterocycles. The van der Waals surface area contributed by atoms with Crippen LogP contribution in [0.3, 0.4) is 0 Å². The normalized spacial score (nSPS) is 16.7. The first-order chi connectivity index (χ1) is 11.0. The van der Waals surface area contributed by atoms with Crippen molar-refractivity contribution < 1.29 is 19.1 Å². The summed E-state index contributed by atoms with van der Waals surface area (Å²) in [5.41, 5.74) is 0. The third kappa shape index (κ3) is 7.54. The van der Waals surface area contributed by atoms with Gasteiger partial charge in [0.15, 0.2) is 5.96 Å². The average Bonchev–Trinajstić information content (AvgIpc) is 2.58. The van der Waals surface area contributed by atoms with Gasteiger partial charge in [-0.1, -0.05) is 6.92 Å². The maximum Gasteiger partial charge on any atom is 0.409 e. The highest BCUT2D eigenvalue weighted by Crippen LogP contribution is 2.11. The van der Waals surface area contributed by atoms with Crippen molar-refractivity contribution in [3.63, 3.8) is 0 Å². The van der Waals surface area contributed by atoms with E-state index in [2.05, 4.69) is 15.6 Å². The summed E-state index contributed by atoms with van der Waals surface area (Å²) >= 11 is 0. The highest BCUT2D eigenvalue weighted by Gasteiger charge is 2.24. The molecular weight excluding hydrogens is 427 g/mol. The van der Waals surface area contributed by atoms with Crippen molar-refractivity contribution in [2.24, 2.45) is 10.9 Å². The Morgan fingerprint density at radius 2 is 1.96 bits per heavy atom. The second kappa shape index (κ2) is 12.2. The van der Waals surface area contributed by atoms with Crippen LogP contribution in [0.15, 0.2) is 4.99 Å². The zero-order valence-corrected chi connectivity index (χ0v) is 17.2. The quantitative estimate of drug-likeness (QED) is 0.280. The summed E-state index contributed by atoms with van der Waals surface area (Å²) in [6, 6.07) is 0.236. The van der Waals surface area contributed by atoms with Gasteiger partial charge in [-0.05, 0) is 19.8 Å². The smallest absolute Gasteiger partial charge is 0.409 e. The third-order valence-corrected chi connectivity index (χ3v) is 3.76. The molecule has 0 aromatic heterocycles. The zero-order valence-electron chi connectivity index (χ0n) is 14.8. The minimum absolute atomic E-state index is 0. The molecule has 0 saturated carbocycles. The summed E-state index contributed by atoms with van der Waals surface area (Å²) in [6.07, 6.45) is 1.40. The molecule has 24 heavy (non-hydrogen) atoms. The molecule has 1 fully saturated rings. The molecule has 0 spiro atoms. The van der Waals surface area contributed by atoms with Crippen LogP contribution in [-0.4, -0.2) is 69.4 Å². The highest BCUT2D eigenvalue weighted by atomic mass is 127. The number of aliphatic imine (C=N–C) groups is 1. The average molecular weight is 456 g/mol. The maximum atomic E-state index is 11.7. The Kier molecular flexibility index (Phi) is 11.5. The van der Waals surface area contributed by atoms with Gasteiger partial charge < -0.3 is 25.0 Å². The van der Waals surface area contributed by atoms with E-state index in [0.29, 0.717) is 32.2 Å². The van der Waals surface area contributed by atoms with Crippen LogP contribution in [0.2, 0.25) is 0 Å². The summed E-state index contributed by atoms with van der Waals surface area (Å²) in [5, 5.41) is 6.44. The number of esters is 1. The van der Waals surface area contributed by atoms with Crippen LogP contribution in [-0.2, 0) is 14.3 Å². The van der Waals surface area contributed by atoms with E-state index in [1.807, 2.05) is 0 Å². The van der Waals surface area contributed by atoms with E-state index in [0.717, 1.165) is 12.8 Å². The molecule has 140 valence electrons. The Bertz CT molecular complexity index is 426. The number of carbonyl (C=O) groups excluding carboxylic acids is 2. The van der Waals surface area contributed by atoms with Gasteiger partial charge in [0.05, 0.1) is 19.6 Å². The Morgan fingerprint density at radius 3 is 2.46 bits per heavy atom. The van der Waals surface area contributed by atoms with Crippen LogP contribution in [0.25, 0.3) is 0 Å². The molecule has 0 bridgehead atoms. The molecule has 0 aromatic carbocycles. The first kappa shape index (κ1) is 22.7. The minimum atomic E-state index is -0.254. The molecule has 0 radical (unpaired) electrons. The Hall–Kier alpha value is -1.26. The predicted molar refractivity (Wildman–Crippen MR) is 103 cm³/mol. The number of halogens is 1. The highest BCUT2D eigenvalue weighted by molar-refractivity contribution is 14.0. The van der Waals surface area contributed by atoms with Crippen LogP contribution in [0.4, 0.5) is 4.79 Å². The lowest BCUT2D eigenvalue weighted by atomic mass is 10.1. The van der Waals surface area contributed by atoms with Crippen LogP contribution < -0.4 is 10.6 Å². The number of piperidine rings is 1. The van der Waals surface area contributed by atoms with Crippen molar-refractivity contribution in [3.8, 4) is 0 Å². The number of hydrogen-bond acceptors (Lipinski definition) is 5. The molecule has 1 atom stereocenters. The van der Waals surface area contributed by atoms with Gasteiger partial charge in [0, 0.05) is 32.7 Å². The Labute approximate surface area is 160 Å². The molecule has 1 rings (SSSR count). The van der Waals surface area contributed by atoms with E-state index in [-0.39, 0.29) is 48.0 Å². The van der Waals surface area contributed by atoms with Gasteiger partial charge in [0.1, 0.15) is 0 Å². The first-order valence-corrected chi connectivity index (χ1v) is 7.98. The monoisotopic (exact) mass is 456 g/mol. The van der Waals surface area contributed by atoms with Crippen molar-refractivity contribution in [3.05, 3.63) is 0 Å². The molecule has 8 nitrogen and oxygen atoms in total. The number of hydrogen-bond donors (Lipinski definition) is 2. The van der Waals surface area contributed by atoms with Crippen molar-refractivity contribution in [1.82, 2.24) is 15.5 Å². The number of rotatable bonds is 5. The SMILES string of the molecule is CCOC(=O)N1CCC(NC(=NC)NCC(C)C(=O)OC)CC1.I. The molecular formula is C15H29IN4O4. The molecule has 1 amide bonds. The number of methoxy groups -OCH3 is 1. The first-order valence-electron chi connectivity index (χ1n) is 7.98. The Balaban J connectivity index is 0.00000529. The molecule has 1 saturated heterocycles. The topological polar surface area (TPSA) is 92.3 Å². The van der Waals surface area contributed by atoms with Crippen LogP contribution in [0, 0.1) is 5.92 Å². The van der Waals surface area contributed by atoms with Gasteiger partial charge in [-0.25, -0.2) is 4.79 Å². The number of nitrogens with one attached hydrogen (secondary N) is 2. The maximum absolute atomic E-state index is 11.7. The van der Waals surface area contributed by atoms with Crippen molar-refractivity contribution >= 4 is 42.0 Å². The largest absolute Gasteiger partial charge is 0.469 e. The number of amides is 1. The molecule has 0 aliphatic carbocycles. The van der Waals surface area contributed by atoms with E-state index in [4.69, 9.17) is 9.47 Å². The summed E-state index contributed by atoms with van der Waals surface area (Å²) in [7, 11) is 3.06. The van der Waals surface area contributed by atoms with Gasteiger partial charge in [-0.2, -0.15) is 0 Å². The predicted octanol–water partition coefficient (Wildman–Crippen LogP) is 1.20. The van der Waals surface area contributed by atoms with Gasteiger partial charge >= 0.3 is 12.1 Å². The van der Waals surface area contributed by atoms with Crippen molar-refractivity contribution in [2.45, 2.75) is 32.7 Å². The standard InChI is InChI=1S/C15H28N4O4.HI/c1-5-23-15(21)19-8-6-12(7-9-19)18-14(16-3)17-10-11(2)13(20)22-4;/h11-12H,5-10H2,1-4H3,(H2,16,17,18);1H. The van der Waals surface area contributed by atoms with E-state index in [1.54, 1.807) is 25.8 Å². The molecule has 1 aliphatic rings. The molecule has 2 N–H and O–H groups in total. The lowest BCUT2D eigenvalue weighted by molar-refractivity contribution is -0.144. The number of nitrogens with zero attached hydrogens (tertiary/aromatic N) is 2. The summed E-state index contributed by atoms with van der Waals surface area (Å²) in [5.74, 6) is 0.148. The van der Waals surface area contributed by atoms with Gasteiger partial charge in [0.2, 0.25) is 0 Å². The second-order valence-corrected chi connectivity index (χ2v) is 5.48. The lowest BCUT2D eigenvalue weighted by Gasteiger charge is -2.32. The fraction of sp³-hybridized carbons (Fsp3) is 0.800. The van der Waals surface area contributed by atoms with Gasteiger partial charge in [0.25, 0.3) is 0 Å². The fourth-order valence-corrected chi connectivity index (χ4v) is 2.34. The van der Waals surface area contributed by atoms with E-state index < -0.39 is 0 Å². The number of likely N-dealkylation sites (tertiary alicyclic amines) is 1. The molecule has 1 aliphatic heterocycles. The molecule has 9 heteroatoms. The number of guanidine groups is 1.